The number of piperidine rings is 1. The fourth-order valence-electron chi connectivity index (χ4n) is 4.49. The standard InChI is InChI=1S/C30H35N5O3/c1-2-20-13-15-35(16-14-20)30(36)26-12-11-25(37-18-21-3-7-23(8-4-21)28(31)32)17-27(26)38-19-22-5-9-24(10-6-22)29(33)34/h3-12,17,20H,2,13-16,18-19H2,1H3,(H3,31,32)(H3,33,34). The van der Waals surface area contributed by atoms with Crippen LogP contribution in [0.3, 0.4) is 0 Å². The van der Waals surface area contributed by atoms with Gasteiger partial charge in [-0.2, -0.15) is 0 Å². The highest BCUT2D eigenvalue weighted by Gasteiger charge is 2.25. The molecule has 0 bridgehead atoms. The summed E-state index contributed by atoms with van der Waals surface area (Å²) in [7, 11) is 0. The Hall–Kier alpha value is -4.33. The van der Waals surface area contributed by atoms with E-state index in [2.05, 4.69) is 6.92 Å². The first-order chi connectivity index (χ1) is 18.3. The molecule has 0 saturated carbocycles. The van der Waals surface area contributed by atoms with Crippen molar-refractivity contribution in [2.24, 2.45) is 17.4 Å². The van der Waals surface area contributed by atoms with Crippen LogP contribution < -0.4 is 20.9 Å². The fourth-order valence-corrected chi connectivity index (χ4v) is 4.49. The van der Waals surface area contributed by atoms with Crippen molar-refractivity contribution in [3.05, 3.63) is 94.5 Å². The predicted molar refractivity (Wildman–Crippen MR) is 149 cm³/mol. The molecule has 3 aromatic rings. The number of nitrogens with zero attached hydrogens (tertiary/aromatic N) is 1. The van der Waals surface area contributed by atoms with Gasteiger partial charge in [-0.3, -0.25) is 15.6 Å². The lowest BCUT2D eigenvalue weighted by Gasteiger charge is -2.32. The largest absolute Gasteiger partial charge is 0.489 e. The molecule has 38 heavy (non-hydrogen) atoms. The highest BCUT2D eigenvalue weighted by Crippen LogP contribution is 2.30. The van der Waals surface area contributed by atoms with Crippen LogP contribution in [0, 0.1) is 16.7 Å². The number of nitrogens with one attached hydrogen (secondary N) is 2. The van der Waals surface area contributed by atoms with Crippen LogP contribution in [0.25, 0.3) is 0 Å². The topological polar surface area (TPSA) is 139 Å². The zero-order chi connectivity index (χ0) is 27.1. The molecule has 3 aromatic carbocycles. The van der Waals surface area contributed by atoms with E-state index in [1.807, 2.05) is 29.2 Å². The number of hydrogen-bond acceptors (Lipinski definition) is 5. The number of amidine groups is 2. The maximum absolute atomic E-state index is 13.5. The maximum atomic E-state index is 13.5. The molecule has 0 atom stereocenters. The molecule has 8 heteroatoms. The summed E-state index contributed by atoms with van der Waals surface area (Å²) in [5, 5.41) is 15.1. The molecule has 1 amide bonds. The Morgan fingerprint density at radius 3 is 1.87 bits per heavy atom. The molecule has 1 aliphatic heterocycles. The maximum Gasteiger partial charge on any atom is 0.257 e. The first-order valence-electron chi connectivity index (χ1n) is 12.9. The molecular weight excluding hydrogens is 478 g/mol. The number of carbonyl (C=O) groups is 1. The van der Waals surface area contributed by atoms with E-state index in [-0.39, 0.29) is 24.2 Å². The Morgan fingerprint density at radius 2 is 1.37 bits per heavy atom. The minimum atomic E-state index is -0.0344. The number of nitrogen functional groups attached to an aromatic ring is 2. The number of hydrogen-bond donors (Lipinski definition) is 4. The second kappa shape index (κ2) is 12.3. The first kappa shape index (κ1) is 26.7. The molecule has 1 aliphatic rings. The molecule has 8 nitrogen and oxygen atoms in total. The monoisotopic (exact) mass is 513 g/mol. The summed E-state index contributed by atoms with van der Waals surface area (Å²) in [6, 6.07) is 19.9. The Morgan fingerprint density at radius 1 is 0.842 bits per heavy atom. The van der Waals surface area contributed by atoms with Gasteiger partial charge in [0.15, 0.2) is 0 Å². The van der Waals surface area contributed by atoms with Gasteiger partial charge in [0.25, 0.3) is 5.91 Å². The van der Waals surface area contributed by atoms with Crippen LogP contribution in [-0.4, -0.2) is 35.6 Å². The first-order valence-corrected chi connectivity index (χ1v) is 12.9. The van der Waals surface area contributed by atoms with Gasteiger partial charge in [-0.1, -0.05) is 61.9 Å². The van der Waals surface area contributed by atoms with Crippen molar-refractivity contribution in [2.45, 2.75) is 39.4 Å². The van der Waals surface area contributed by atoms with Crippen molar-refractivity contribution in [1.82, 2.24) is 4.90 Å². The lowest BCUT2D eigenvalue weighted by Crippen LogP contribution is -2.38. The average molecular weight is 514 g/mol. The van der Waals surface area contributed by atoms with Gasteiger partial charge in [-0.15, -0.1) is 0 Å². The van der Waals surface area contributed by atoms with E-state index < -0.39 is 0 Å². The van der Waals surface area contributed by atoms with Gasteiger partial charge in [0.05, 0.1) is 5.56 Å². The van der Waals surface area contributed by atoms with E-state index in [1.54, 1.807) is 42.5 Å². The summed E-state index contributed by atoms with van der Waals surface area (Å²) in [6.45, 7) is 4.28. The fraction of sp³-hybridized carbons (Fsp3) is 0.300. The van der Waals surface area contributed by atoms with Gasteiger partial charge < -0.3 is 25.8 Å². The van der Waals surface area contributed by atoms with Crippen molar-refractivity contribution in [3.8, 4) is 11.5 Å². The molecular formula is C30H35N5O3. The van der Waals surface area contributed by atoms with Crippen LogP contribution in [0.4, 0.5) is 0 Å². The molecule has 4 rings (SSSR count). The summed E-state index contributed by atoms with van der Waals surface area (Å²) in [5.41, 5.74) is 14.7. The van der Waals surface area contributed by atoms with E-state index in [0.717, 1.165) is 43.5 Å². The minimum absolute atomic E-state index is 0.0120. The number of nitrogens with two attached hydrogens (primary N) is 2. The SMILES string of the molecule is CCC1CCN(C(=O)c2ccc(OCc3ccc(C(=N)N)cc3)cc2OCc2ccc(C(=N)N)cc2)CC1. The van der Waals surface area contributed by atoms with Crippen molar-refractivity contribution < 1.29 is 14.3 Å². The van der Waals surface area contributed by atoms with Gasteiger partial charge in [-0.05, 0) is 42.0 Å². The number of amides is 1. The van der Waals surface area contributed by atoms with E-state index in [4.69, 9.17) is 31.8 Å². The van der Waals surface area contributed by atoms with E-state index >= 15 is 0 Å². The Kier molecular flexibility index (Phi) is 8.63. The summed E-state index contributed by atoms with van der Waals surface area (Å²) in [4.78, 5) is 15.4. The quantitative estimate of drug-likeness (QED) is 0.230. The van der Waals surface area contributed by atoms with Crippen molar-refractivity contribution in [1.29, 1.82) is 10.8 Å². The number of likely N-dealkylation sites (tertiary alicyclic amines) is 1. The molecule has 0 aliphatic carbocycles. The summed E-state index contributed by atoms with van der Waals surface area (Å²) >= 11 is 0. The Bertz CT molecular complexity index is 1280. The molecule has 0 spiro atoms. The lowest BCUT2D eigenvalue weighted by atomic mass is 9.94. The highest BCUT2D eigenvalue weighted by molar-refractivity contribution is 5.97. The number of ether oxygens (including phenoxy) is 2. The molecule has 1 saturated heterocycles. The third-order valence-electron chi connectivity index (χ3n) is 6.99. The molecule has 0 radical (unpaired) electrons. The molecule has 1 heterocycles. The minimum Gasteiger partial charge on any atom is -0.489 e. The third kappa shape index (κ3) is 6.70. The van der Waals surface area contributed by atoms with E-state index in [9.17, 15) is 4.79 Å². The molecule has 0 aromatic heterocycles. The molecule has 1 fully saturated rings. The summed E-state index contributed by atoms with van der Waals surface area (Å²) in [6.07, 6.45) is 3.18. The van der Waals surface area contributed by atoms with Gasteiger partial charge in [0.2, 0.25) is 0 Å². The van der Waals surface area contributed by atoms with Crippen molar-refractivity contribution in [2.75, 3.05) is 13.1 Å². The molecule has 198 valence electrons. The third-order valence-corrected chi connectivity index (χ3v) is 6.99. The summed E-state index contributed by atoms with van der Waals surface area (Å²) < 4.78 is 12.2. The van der Waals surface area contributed by atoms with Crippen LogP contribution in [0.15, 0.2) is 66.7 Å². The van der Waals surface area contributed by atoms with Gasteiger partial charge in [-0.25, -0.2) is 0 Å². The Labute approximate surface area is 223 Å². The number of rotatable bonds is 10. The highest BCUT2D eigenvalue weighted by atomic mass is 16.5. The second-order valence-electron chi connectivity index (χ2n) is 9.60. The number of carbonyl (C=O) groups excluding carboxylic acids is 1. The average Bonchev–Trinajstić information content (AvgIpc) is 2.95. The molecule has 0 unspecified atom stereocenters. The normalized spacial score (nSPS) is 13.7. The van der Waals surface area contributed by atoms with Crippen LogP contribution in [0.2, 0.25) is 0 Å². The van der Waals surface area contributed by atoms with Crippen molar-refractivity contribution in [3.63, 3.8) is 0 Å². The van der Waals surface area contributed by atoms with E-state index in [1.165, 1.54) is 0 Å². The van der Waals surface area contributed by atoms with Crippen LogP contribution in [0.1, 0.15) is 58.8 Å². The zero-order valence-electron chi connectivity index (χ0n) is 21.7. The van der Waals surface area contributed by atoms with Crippen LogP contribution >= 0.6 is 0 Å². The Balaban J connectivity index is 1.51. The molecule has 6 N–H and O–H groups in total. The smallest absolute Gasteiger partial charge is 0.257 e. The number of benzene rings is 3. The van der Waals surface area contributed by atoms with Gasteiger partial charge in [0, 0.05) is 30.3 Å². The predicted octanol–water partition coefficient (Wildman–Crippen LogP) is 4.67. The second-order valence-corrected chi connectivity index (χ2v) is 9.60. The van der Waals surface area contributed by atoms with Crippen LogP contribution in [0.5, 0.6) is 11.5 Å². The zero-order valence-corrected chi connectivity index (χ0v) is 21.7. The van der Waals surface area contributed by atoms with Gasteiger partial charge >= 0.3 is 0 Å². The van der Waals surface area contributed by atoms with Gasteiger partial charge in [0.1, 0.15) is 36.4 Å². The van der Waals surface area contributed by atoms with E-state index in [0.29, 0.717) is 40.7 Å². The summed E-state index contributed by atoms with van der Waals surface area (Å²) in [5.74, 6) is 1.73. The van der Waals surface area contributed by atoms with Crippen molar-refractivity contribution >= 4 is 17.6 Å². The lowest BCUT2D eigenvalue weighted by molar-refractivity contribution is 0.0684. The van der Waals surface area contributed by atoms with Crippen LogP contribution in [-0.2, 0) is 13.2 Å².